The zero-order valence-corrected chi connectivity index (χ0v) is 12.9. The van der Waals surface area contributed by atoms with Crippen molar-refractivity contribution in [2.75, 3.05) is 25.6 Å². The molecular weight excluding hydrogens is 252 g/mol. The summed E-state index contributed by atoms with van der Waals surface area (Å²) in [5, 5.41) is 6.28. The van der Waals surface area contributed by atoms with Crippen LogP contribution < -0.4 is 10.6 Å². The second-order valence-corrected chi connectivity index (χ2v) is 5.21. The molecule has 0 saturated carbocycles. The summed E-state index contributed by atoms with van der Waals surface area (Å²) in [6.07, 6.45) is 0.476. The minimum Gasteiger partial charge on any atom is -0.384 e. The number of rotatable bonds is 8. The number of nitrogens with one attached hydrogen (secondary N) is 2. The third-order valence-corrected chi connectivity index (χ3v) is 3.19. The molecule has 0 fully saturated rings. The van der Waals surface area contributed by atoms with Gasteiger partial charge in [-0.1, -0.05) is 26.0 Å². The number of methoxy groups -OCH3 is 1. The van der Waals surface area contributed by atoms with Crippen molar-refractivity contribution in [2.45, 2.75) is 33.2 Å². The van der Waals surface area contributed by atoms with Crippen molar-refractivity contribution >= 4 is 11.6 Å². The molecule has 4 nitrogen and oxygen atoms in total. The first-order chi connectivity index (χ1) is 9.56. The van der Waals surface area contributed by atoms with Crippen LogP contribution in [0.25, 0.3) is 0 Å². The van der Waals surface area contributed by atoms with Crippen LogP contribution in [0.2, 0.25) is 0 Å². The lowest BCUT2D eigenvalue weighted by Crippen LogP contribution is -2.18. The number of ether oxygens (including phenoxy) is 1. The molecule has 0 heterocycles. The van der Waals surface area contributed by atoms with E-state index in [0.29, 0.717) is 19.1 Å². The summed E-state index contributed by atoms with van der Waals surface area (Å²) < 4.78 is 5.03. The van der Waals surface area contributed by atoms with Crippen LogP contribution in [0.15, 0.2) is 24.3 Å². The highest BCUT2D eigenvalue weighted by Gasteiger charge is 2.09. The lowest BCUT2D eigenvalue weighted by Gasteiger charge is -2.14. The minimum absolute atomic E-state index is 0.0297. The average Bonchev–Trinajstić information content (AvgIpc) is 2.39. The Kier molecular flexibility index (Phi) is 7.26. The van der Waals surface area contributed by atoms with Gasteiger partial charge in [0.2, 0.25) is 5.91 Å². The zero-order valence-electron chi connectivity index (χ0n) is 12.9. The van der Waals surface area contributed by atoms with Gasteiger partial charge in [-0.2, -0.15) is 0 Å². The summed E-state index contributed by atoms with van der Waals surface area (Å²) >= 11 is 0. The van der Waals surface area contributed by atoms with E-state index >= 15 is 0 Å². The van der Waals surface area contributed by atoms with Crippen LogP contribution in [-0.2, 0) is 9.53 Å². The van der Waals surface area contributed by atoms with Gasteiger partial charge in [0.05, 0.1) is 0 Å². The zero-order chi connectivity index (χ0) is 15.0. The summed E-state index contributed by atoms with van der Waals surface area (Å²) in [5.74, 6) is 0.259. The lowest BCUT2D eigenvalue weighted by atomic mass is 10.1. The molecule has 0 aliphatic rings. The van der Waals surface area contributed by atoms with Crippen LogP contribution >= 0.6 is 0 Å². The SMILES string of the molecule is CCNC(C)c1ccc(NC(=O)CC(C)COC)cc1. The number of anilines is 1. The van der Waals surface area contributed by atoms with E-state index in [0.717, 1.165) is 12.2 Å². The number of hydrogen-bond acceptors (Lipinski definition) is 3. The first-order valence-electron chi connectivity index (χ1n) is 7.19. The Morgan fingerprint density at radius 2 is 1.90 bits per heavy atom. The Morgan fingerprint density at radius 3 is 2.45 bits per heavy atom. The van der Waals surface area contributed by atoms with Gasteiger partial charge in [-0.3, -0.25) is 4.79 Å². The van der Waals surface area contributed by atoms with Gasteiger partial charge in [-0.05, 0) is 37.1 Å². The van der Waals surface area contributed by atoms with Gasteiger partial charge in [0, 0.05) is 31.9 Å². The normalized spacial score (nSPS) is 13.8. The molecule has 1 aromatic carbocycles. The maximum Gasteiger partial charge on any atom is 0.224 e. The van der Waals surface area contributed by atoms with Crippen molar-refractivity contribution in [2.24, 2.45) is 5.92 Å². The Bertz CT molecular complexity index is 403. The van der Waals surface area contributed by atoms with E-state index in [2.05, 4.69) is 24.5 Å². The molecule has 1 amide bonds. The number of carbonyl (C=O) groups is 1. The van der Waals surface area contributed by atoms with Crippen molar-refractivity contribution in [3.8, 4) is 0 Å². The van der Waals surface area contributed by atoms with E-state index in [4.69, 9.17) is 4.74 Å². The van der Waals surface area contributed by atoms with Gasteiger partial charge in [0.25, 0.3) is 0 Å². The van der Waals surface area contributed by atoms with Gasteiger partial charge >= 0.3 is 0 Å². The highest BCUT2D eigenvalue weighted by Crippen LogP contribution is 2.16. The highest BCUT2D eigenvalue weighted by atomic mass is 16.5. The molecule has 112 valence electrons. The van der Waals surface area contributed by atoms with Crippen molar-refractivity contribution in [1.82, 2.24) is 5.32 Å². The van der Waals surface area contributed by atoms with Crippen LogP contribution in [0.1, 0.15) is 38.8 Å². The van der Waals surface area contributed by atoms with Crippen LogP contribution in [0.3, 0.4) is 0 Å². The van der Waals surface area contributed by atoms with Crippen LogP contribution in [-0.4, -0.2) is 26.2 Å². The third-order valence-electron chi connectivity index (χ3n) is 3.19. The van der Waals surface area contributed by atoms with Gasteiger partial charge in [-0.25, -0.2) is 0 Å². The van der Waals surface area contributed by atoms with Gasteiger partial charge in [0.1, 0.15) is 0 Å². The van der Waals surface area contributed by atoms with Crippen molar-refractivity contribution in [3.05, 3.63) is 29.8 Å². The lowest BCUT2D eigenvalue weighted by molar-refractivity contribution is -0.117. The maximum absolute atomic E-state index is 11.8. The van der Waals surface area contributed by atoms with Crippen LogP contribution in [0, 0.1) is 5.92 Å². The molecular formula is C16H26N2O2. The summed E-state index contributed by atoms with van der Waals surface area (Å²) in [4.78, 5) is 11.8. The molecule has 1 rings (SSSR count). The predicted molar refractivity (Wildman–Crippen MR) is 82.8 cm³/mol. The van der Waals surface area contributed by atoms with Crippen molar-refractivity contribution in [3.63, 3.8) is 0 Å². The Morgan fingerprint density at radius 1 is 1.25 bits per heavy atom. The topological polar surface area (TPSA) is 50.4 Å². The standard InChI is InChI=1S/C16H26N2O2/c1-5-17-13(3)14-6-8-15(9-7-14)18-16(19)10-12(2)11-20-4/h6-9,12-13,17H,5,10-11H2,1-4H3,(H,18,19). The number of amides is 1. The molecule has 1 aromatic rings. The number of carbonyl (C=O) groups excluding carboxylic acids is 1. The molecule has 0 aromatic heterocycles. The molecule has 4 heteroatoms. The average molecular weight is 278 g/mol. The summed E-state index contributed by atoms with van der Waals surface area (Å²) in [7, 11) is 1.65. The van der Waals surface area contributed by atoms with Crippen LogP contribution in [0.5, 0.6) is 0 Å². The van der Waals surface area contributed by atoms with Crippen LogP contribution in [0.4, 0.5) is 5.69 Å². The highest BCUT2D eigenvalue weighted by molar-refractivity contribution is 5.90. The molecule has 2 atom stereocenters. The fourth-order valence-corrected chi connectivity index (χ4v) is 2.15. The molecule has 0 saturated heterocycles. The predicted octanol–water partition coefficient (Wildman–Crippen LogP) is 2.97. The van der Waals surface area contributed by atoms with E-state index in [1.165, 1.54) is 5.56 Å². The third kappa shape index (κ3) is 5.72. The van der Waals surface area contributed by atoms with E-state index in [1.54, 1.807) is 7.11 Å². The Balaban J connectivity index is 2.50. The summed E-state index contributed by atoms with van der Waals surface area (Å²) in [6.45, 7) is 7.77. The molecule has 0 bridgehead atoms. The van der Waals surface area contributed by atoms with Gasteiger partial charge < -0.3 is 15.4 Å². The minimum atomic E-state index is 0.0297. The van der Waals surface area contributed by atoms with Gasteiger partial charge in [-0.15, -0.1) is 0 Å². The molecule has 0 aliphatic carbocycles. The summed E-state index contributed by atoms with van der Waals surface area (Å²) in [6, 6.07) is 8.30. The van der Waals surface area contributed by atoms with E-state index in [1.807, 2.05) is 31.2 Å². The molecule has 0 aliphatic heterocycles. The van der Waals surface area contributed by atoms with Crippen molar-refractivity contribution in [1.29, 1.82) is 0 Å². The quantitative estimate of drug-likeness (QED) is 0.768. The second kappa shape index (κ2) is 8.72. The molecule has 0 radical (unpaired) electrons. The summed E-state index contributed by atoms with van der Waals surface area (Å²) in [5.41, 5.74) is 2.06. The van der Waals surface area contributed by atoms with Gasteiger partial charge in [0.15, 0.2) is 0 Å². The number of benzene rings is 1. The Labute approximate surface area is 121 Å². The van der Waals surface area contributed by atoms with Crippen molar-refractivity contribution < 1.29 is 9.53 Å². The molecule has 20 heavy (non-hydrogen) atoms. The maximum atomic E-state index is 11.8. The largest absolute Gasteiger partial charge is 0.384 e. The monoisotopic (exact) mass is 278 g/mol. The molecule has 2 unspecified atom stereocenters. The van der Waals surface area contributed by atoms with E-state index in [9.17, 15) is 4.79 Å². The molecule has 2 N–H and O–H groups in total. The number of hydrogen-bond donors (Lipinski definition) is 2. The smallest absolute Gasteiger partial charge is 0.224 e. The Hall–Kier alpha value is -1.39. The molecule has 0 spiro atoms. The second-order valence-electron chi connectivity index (χ2n) is 5.21. The first kappa shape index (κ1) is 16.7. The van der Waals surface area contributed by atoms with E-state index < -0.39 is 0 Å². The fraction of sp³-hybridized carbons (Fsp3) is 0.562. The van der Waals surface area contributed by atoms with E-state index in [-0.39, 0.29) is 11.8 Å². The first-order valence-corrected chi connectivity index (χ1v) is 7.19. The fourth-order valence-electron chi connectivity index (χ4n) is 2.15.